The van der Waals surface area contributed by atoms with E-state index in [0.717, 1.165) is 21.2 Å². The largest absolute Gasteiger partial charge is 0.495 e. The van der Waals surface area contributed by atoms with Gasteiger partial charge in [-0.3, -0.25) is 4.72 Å². The fourth-order valence-corrected chi connectivity index (χ4v) is 2.72. The Morgan fingerprint density at radius 3 is 2.21 bits per heavy atom. The zero-order valence-electron chi connectivity index (χ0n) is 13.9. The quantitative estimate of drug-likeness (QED) is 0.815. The third-order valence-corrected chi connectivity index (χ3v) is 5.23. The highest BCUT2D eigenvalue weighted by Crippen LogP contribution is 2.33. The number of methoxy groups -OCH3 is 1. The van der Waals surface area contributed by atoms with Gasteiger partial charge < -0.3 is 10.1 Å². The topological polar surface area (TPSA) is 70.7 Å². The van der Waals surface area contributed by atoms with Crippen molar-refractivity contribution in [2.45, 2.75) is 6.92 Å². The molecule has 24 heavy (non-hydrogen) atoms. The first-order valence-electron chi connectivity index (χ1n) is 7.14. The van der Waals surface area contributed by atoms with Gasteiger partial charge in [0.25, 0.3) is 0 Å². The maximum Gasteiger partial charge on any atom is 0.301 e. The Kier molecular flexibility index (Phi) is 5.58. The second-order valence-electron chi connectivity index (χ2n) is 5.39. The summed E-state index contributed by atoms with van der Waals surface area (Å²) in [6, 6.07) is 10.5. The van der Waals surface area contributed by atoms with Crippen LogP contribution in [-0.2, 0) is 10.2 Å². The van der Waals surface area contributed by atoms with Gasteiger partial charge in [0, 0.05) is 36.6 Å². The molecule has 0 aromatic heterocycles. The van der Waals surface area contributed by atoms with Gasteiger partial charge in [-0.1, -0.05) is 11.6 Å². The Hall–Kier alpha value is -1.96. The number of benzene rings is 2. The molecule has 0 saturated carbocycles. The number of aryl methyl sites for hydroxylation is 1. The number of anilines is 3. The Bertz CT molecular complexity index is 821. The van der Waals surface area contributed by atoms with Crippen LogP contribution in [0.3, 0.4) is 0 Å². The van der Waals surface area contributed by atoms with E-state index in [4.69, 9.17) is 16.3 Å². The predicted molar refractivity (Wildman–Crippen MR) is 98.7 cm³/mol. The molecule has 2 aromatic carbocycles. The van der Waals surface area contributed by atoms with E-state index >= 15 is 0 Å². The van der Waals surface area contributed by atoms with Crippen LogP contribution < -0.4 is 14.8 Å². The van der Waals surface area contributed by atoms with Crippen LogP contribution in [-0.4, -0.2) is 33.9 Å². The van der Waals surface area contributed by atoms with Crippen LogP contribution in [0.1, 0.15) is 5.56 Å². The summed E-state index contributed by atoms with van der Waals surface area (Å²) in [5.74, 6) is 0.628. The molecule has 2 aromatic rings. The Morgan fingerprint density at radius 2 is 1.67 bits per heavy atom. The van der Waals surface area contributed by atoms with Crippen molar-refractivity contribution in [3.8, 4) is 5.75 Å². The zero-order chi connectivity index (χ0) is 17.9. The molecule has 0 heterocycles. The fraction of sp³-hybridized carbons (Fsp3) is 0.250. The molecular weight excluding hydrogens is 350 g/mol. The third kappa shape index (κ3) is 4.31. The second kappa shape index (κ2) is 7.29. The molecule has 0 aliphatic carbocycles. The van der Waals surface area contributed by atoms with Crippen LogP contribution in [0, 0.1) is 6.92 Å². The molecule has 0 atom stereocenters. The number of ether oxygens (including phenoxy) is 1. The molecular formula is C16H20ClN3O3S. The highest BCUT2D eigenvalue weighted by molar-refractivity contribution is 7.90. The molecule has 6 nitrogen and oxygen atoms in total. The molecule has 0 aliphatic rings. The van der Waals surface area contributed by atoms with Crippen molar-refractivity contribution in [3.63, 3.8) is 0 Å². The average Bonchev–Trinajstić information content (AvgIpc) is 2.52. The highest BCUT2D eigenvalue weighted by Gasteiger charge is 2.13. The molecule has 0 amide bonds. The minimum atomic E-state index is -3.52. The molecule has 2 N–H and O–H groups in total. The van der Waals surface area contributed by atoms with Gasteiger partial charge in [-0.2, -0.15) is 12.7 Å². The normalized spacial score (nSPS) is 11.4. The lowest BCUT2D eigenvalue weighted by Gasteiger charge is -2.15. The van der Waals surface area contributed by atoms with Gasteiger partial charge >= 0.3 is 10.2 Å². The van der Waals surface area contributed by atoms with E-state index in [0.29, 0.717) is 16.5 Å². The van der Waals surface area contributed by atoms with E-state index in [2.05, 4.69) is 10.0 Å². The minimum Gasteiger partial charge on any atom is -0.495 e. The first-order valence-corrected chi connectivity index (χ1v) is 8.96. The highest BCUT2D eigenvalue weighted by atomic mass is 35.5. The van der Waals surface area contributed by atoms with Gasteiger partial charge in [0.1, 0.15) is 5.75 Å². The Morgan fingerprint density at radius 1 is 1.08 bits per heavy atom. The lowest BCUT2D eigenvalue weighted by atomic mass is 10.2. The van der Waals surface area contributed by atoms with Crippen LogP contribution in [0.5, 0.6) is 5.75 Å². The van der Waals surface area contributed by atoms with Gasteiger partial charge in [0.2, 0.25) is 0 Å². The maximum absolute atomic E-state index is 11.8. The number of nitrogens with zero attached hydrogens (tertiary/aromatic N) is 1. The summed E-state index contributed by atoms with van der Waals surface area (Å²) in [5.41, 5.74) is 2.98. The van der Waals surface area contributed by atoms with Crippen LogP contribution in [0.15, 0.2) is 36.4 Å². The molecule has 0 unspecified atom stereocenters. The van der Waals surface area contributed by atoms with E-state index in [9.17, 15) is 8.42 Å². The SMILES string of the molecule is COc1cc(Cl)c(C)cc1Nc1ccc(NS(=O)(=O)N(C)C)cc1. The van der Waals surface area contributed by atoms with Crippen molar-refractivity contribution in [3.05, 3.63) is 47.0 Å². The van der Waals surface area contributed by atoms with Crippen molar-refractivity contribution in [2.24, 2.45) is 0 Å². The molecule has 0 saturated heterocycles. The third-order valence-electron chi connectivity index (χ3n) is 3.37. The monoisotopic (exact) mass is 369 g/mol. The summed E-state index contributed by atoms with van der Waals surface area (Å²) in [6.07, 6.45) is 0. The van der Waals surface area contributed by atoms with Gasteiger partial charge in [-0.25, -0.2) is 0 Å². The second-order valence-corrected chi connectivity index (χ2v) is 7.69. The van der Waals surface area contributed by atoms with Gasteiger partial charge in [-0.15, -0.1) is 0 Å². The zero-order valence-corrected chi connectivity index (χ0v) is 15.5. The number of nitrogens with one attached hydrogen (secondary N) is 2. The van der Waals surface area contributed by atoms with E-state index in [-0.39, 0.29) is 0 Å². The molecule has 8 heteroatoms. The van der Waals surface area contributed by atoms with Gasteiger partial charge in [0.15, 0.2) is 0 Å². The van der Waals surface area contributed by atoms with Gasteiger partial charge in [-0.05, 0) is 42.8 Å². The van der Waals surface area contributed by atoms with Crippen LogP contribution >= 0.6 is 11.6 Å². The number of rotatable bonds is 6. The maximum atomic E-state index is 11.8. The lowest BCUT2D eigenvalue weighted by molar-refractivity contribution is 0.417. The molecule has 0 radical (unpaired) electrons. The van der Waals surface area contributed by atoms with Crippen LogP contribution in [0.25, 0.3) is 0 Å². The van der Waals surface area contributed by atoms with Crippen LogP contribution in [0.4, 0.5) is 17.1 Å². The first-order chi connectivity index (χ1) is 11.2. The summed E-state index contributed by atoms with van der Waals surface area (Å²) in [5, 5.41) is 3.86. The Labute approximate surface area is 147 Å². The van der Waals surface area contributed by atoms with Crippen molar-refractivity contribution < 1.29 is 13.2 Å². The fourth-order valence-electron chi connectivity index (χ4n) is 1.95. The number of halogens is 1. The van der Waals surface area contributed by atoms with E-state index in [1.807, 2.05) is 13.0 Å². The number of hydrogen-bond donors (Lipinski definition) is 2. The standard InChI is InChI=1S/C16H20ClN3O3S/c1-11-9-15(16(23-4)10-14(11)17)18-12-5-7-13(8-6-12)19-24(21,22)20(2)3/h5-10,18-19H,1-4H3. The first kappa shape index (κ1) is 18.4. The smallest absolute Gasteiger partial charge is 0.301 e. The summed E-state index contributed by atoms with van der Waals surface area (Å²) in [4.78, 5) is 0. The molecule has 0 spiro atoms. The predicted octanol–water partition coefficient (Wildman–Crippen LogP) is 3.62. The Balaban J connectivity index is 2.20. The summed E-state index contributed by atoms with van der Waals surface area (Å²) in [6.45, 7) is 1.91. The van der Waals surface area contributed by atoms with Crippen molar-refractivity contribution in [1.82, 2.24) is 4.31 Å². The summed E-state index contributed by atoms with van der Waals surface area (Å²) in [7, 11) is 0.990. The van der Waals surface area contributed by atoms with Gasteiger partial charge in [0.05, 0.1) is 12.8 Å². The van der Waals surface area contributed by atoms with E-state index < -0.39 is 10.2 Å². The van der Waals surface area contributed by atoms with E-state index in [1.54, 1.807) is 37.4 Å². The average molecular weight is 370 g/mol. The minimum absolute atomic E-state index is 0.480. The van der Waals surface area contributed by atoms with Crippen LogP contribution in [0.2, 0.25) is 5.02 Å². The van der Waals surface area contributed by atoms with Crippen molar-refractivity contribution in [2.75, 3.05) is 31.2 Å². The van der Waals surface area contributed by atoms with E-state index in [1.165, 1.54) is 14.1 Å². The van der Waals surface area contributed by atoms with Crippen molar-refractivity contribution >= 4 is 38.9 Å². The lowest BCUT2D eigenvalue weighted by Crippen LogP contribution is -2.28. The molecule has 130 valence electrons. The molecule has 0 aliphatic heterocycles. The molecule has 2 rings (SSSR count). The summed E-state index contributed by atoms with van der Waals surface area (Å²) < 4.78 is 32.5. The number of hydrogen-bond acceptors (Lipinski definition) is 4. The molecule has 0 bridgehead atoms. The molecule has 0 fully saturated rings. The van der Waals surface area contributed by atoms with Crippen molar-refractivity contribution in [1.29, 1.82) is 0 Å². The summed E-state index contributed by atoms with van der Waals surface area (Å²) >= 11 is 6.10.